The molecule has 1 nitrogen and oxygen atoms in total. The highest BCUT2D eigenvalue weighted by atomic mass is 28.3. The number of rotatable bonds is 6. The van der Waals surface area contributed by atoms with Gasteiger partial charge in [0.1, 0.15) is 0 Å². The van der Waals surface area contributed by atoms with Gasteiger partial charge in [0.25, 0.3) is 0 Å². The Morgan fingerprint density at radius 2 is 1.72 bits per heavy atom. The Morgan fingerprint density at radius 1 is 1.06 bits per heavy atom. The smallest absolute Gasteiger partial charge is 0.0781 e. The van der Waals surface area contributed by atoms with E-state index in [0.717, 1.165) is 6.42 Å². The topological polar surface area (TPSA) is 12.9 Å². The Balaban J connectivity index is 3.28. The first-order valence-electron chi connectivity index (χ1n) is 7.40. The van der Waals surface area contributed by atoms with Gasteiger partial charge in [-0.15, -0.1) is 0 Å². The van der Waals surface area contributed by atoms with Crippen LogP contribution >= 0.6 is 0 Å². The largest absolute Gasteiger partial charge is 0.258 e. The SMILES string of the molecule is CCCCc1c([Si](C)(C)C)cc(C)nc1CCC. The summed E-state index contributed by atoms with van der Waals surface area (Å²) in [4.78, 5) is 4.81. The average Bonchev–Trinajstić information content (AvgIpc) is 2.26. The third kappa shape index (κ3) is 3.94. The summed E-state index contributed by atoms with van der Waals surface area (Å²) < 4.78 is 0. The number of unbranched alkanes of at least 4 members (excludes halogenated alkanes) is 1. The van der Waals surface area contributed by atoms with E-state index < -0.39 is 8.07 Å². The van der Waals surface area contributed by atoms with E-state index in [1.807, 2.05) is 0 Å². The zero-order chi connectivity index (χ0) is 13.8. The highest BCUT2D eigenvalue weighted by Crippen LogP contribution is 2.16. The number of nitrogens with zero attached hydrogens (tertiary/aromatic N) is 1. The first kappa shape index (κ1) is 15.4. The van der Waals surface area contributed by atoms with Crippen molar-refractivity contribution in [3.63, 3.8) is 0 Å². The van der Waals surface area contributed by atoms with Crippen molar-refractivity contribution < 1.29 is 0 Å². The number of pyridine rings is 1. The van der Waals surface area contributed by atoms with Crippen molar-refractivity contribution in [2.75, 3.05) is 0 Å². The van der Waals surface area contributed by atoms with E-state index in [2.05, 4.69) is 46.5 Å². The van der Waals surface area contributed by atoms with E-state index in [-0.39, 0.29) is 0 Å². The van der Waals surface area contributed by atoms with Crippen LogP contribution in [0.1, 0.15) is 50.1 Å². The van der Waals surface area contributed by atoms with Gasteiger partial charge in [-0.3, -0.25) is 4.98 Å². The molecule has 0 radical (unpaired) electrons. The Morgan fingerprint density at radius 3 is 2.22 bits per heavy atom. The molecule has 0 N–H and O–H groups in total. The van der Waals surface area contributed by atoms with Gasteiger partial charge in [0, 0.05) is 11.4 Å². The first-order valence-corrected chi connectivity index (χ1v) is 10.9. The molecule has 0 aliphatic rings. The molecule has 102 valence electrons. The molecule has 0 fully saturated rings. The molecule has 1 aromatic heterocycles. The Hall–Kier alpha value is -0.633. The van der Waals surface area contributed by atoms with Gasteiger partial charge in [-0.1, -0.05) is 51.5 Å². The molecule has 0 bridgehead atoms. The molecule has 0 aliphatic heterocycles. The van der Waals surface area contributed by atoms with Gasteiger partial charge in [0.05, 0.1) is 8.07 Å². The van der Waals surface area contributed by atoms with Gasteiger partial charge in [-0.25, -0.2) is 0 Å². The van der Waals surface area contributed by atoms with Crippen LogP contribution in [-0.4, -0.2) is 13.1 Å². The molecule has 0 aliphatic carbocycles. The van der Waals surface area contributed by atoms with Gasteiger partial charge in [-0.05, 0) is 37.8 Å². The number of hydrogen-bond donors (Lipinski definition) is 0. The fourth-order valence-corrected chi connectivity index (χ4v) is 4.33. The molecular formula is C16H29NSi. The van der Waals surface area contributed by atoms with Gasteiger partial charge in [-0.2, -0.15) is 0 Å². The Kier molecular flexibility index (Phi) is 5.58. The lowest BCUT2D eigenvalue weighted by molar-refractivity contribution is 0.769. The molecule has 0 atom stereocenters. The normalized spacial score (nSPS) is 11.9. The second-order valence-corrected chi connectivity index (χ2v) is 11.4. The summed E-state index contributed by atoms with van der Waals surface area (Å²) in [6, 6.07) is 2.36. The van der Waals surface area contributed by atoms with E-state index in [1.54, 1.807) is 10.8 Å². The fourth-order valence-electron chi connectivity index (χ4n) is 2.51. The number of aryl methyl sites for hydroxylation is 2. The molecule has 18 heavy (non-hydrogen) atoms. The van der Waals surface area contributed by atoms with Crippen LogP contribution in [0.25, 0.3) is 0 Å². The maximum Gasteiger partial charge on any atom is 0.0781 e. The molecule has 0 aromatic carbocycles. The summed E-state index contributed by atoms with van der Waals surface area (Å²) in [5.74, 6) is 0. The minimum atomic E-state index is -1.26. The lowest BCUT2D eigenvalue weighted by Gasteiger charge is -2.24. The van der Waals surface area contributed by atoms with Crippen LogP contribution in [-0.2, 0) is 12.8 Å². The molecular weight excluding hydrogens is 234 g/mol. The van der Waals surface area contributed by atoms with Crippen molar-refractivity contribution >= 4 is 13.3 Å². The molecule has 0 amide bonds. The lowest BCUT2D eigenvalue weighted by Crippen LogP contribution is -2.41. The van der Waals surface area contributed by atoms with Crippen LogP contribution in [0.5, 0.6) is 0 Å². The van der Waals surface area contributed by atoms with Crippen molar-refractivity contribution in [1.29, 1.82) is 0 Å². The summed E-state index contributed by atoms with van der Waals surface area (Å²) in [6.07, 6.45) is 6.11. The highest BCUT2D eigenvalue weighted by Gasteiger charge is 2.22. The van der Waals surface area contributed by atoms with Crippen LogP contribution in [0.4, 0.5) is 0 Å². The minimum absolute atomic E-state index is 1.14. The van der Waals surface area contributed by atoms with Crippen molar-refractivity contribution in [2.45, 2.75) is 72.5 Å². The summed E-state index contributed by atoms with van der Waals surface area (Å²) >= 11 is 0. The standard InChI is InChI=1S/C16H29NSi/c1-7-9-11-14-15(10-8-2)17-13(3)12-16(14)18(4,5)6/h12H,7-11H2,1-6H3. The zero-order valence-electron chi connectivity index (χ0n) is 13.1. The molecule has 0 spiro atoms. The Labute approximate surface area is 114 Å². The van der Waals surface area contributed by atoms with Crippen LogP contribution in [0.15, 0.2) is 6.07 Å². The summed E-state index contributed by atoms with van der Waals surface area (Å²) in [6.45, 7) is 14.0. The zero-order valence-corrected chi connectivity index (χ0v) is 14.1. The number of aromatic nitrogens is 1. The van der Waals surface area contributed by atoms with Crippen molar-refractivity contribution in [3.8, 4) is 0 Å². The molecule has 0 unspecified atom stereocenters. The second kappa shape index (κ2) is 6.51. The molecule has 1 heterocycles. The van der Waals surface area contributed by atoms with E-state index in [1.165, 1.54) is 37.1 Å². The molecule has 0 saturated carbocycles. The van der Waals surface area contributed by atoms with Crippen LogP contribution < -0.4 is 5.19 Å². The number of hydrogen-bond acceptors (Lipinski definition) is 1. The highest BCUT2D eigenvalue weighted by molar-refractivity contribution is 6.89. The predicted octanol–water partition coefficient (Wildman–Crippen LogP) is 4.23. The van der Waals surface area contributed by atoms with Gasteiger partial charge in [0.15, 0.2) is 0 Å². The lowest BCUT2D eigenvalue weighted by atomic mass is 10.0. The van der Waals surface area contributed by atoms with E-state index in [0.29, 0.717) is 0 Å². The summed E-state index contributed by atoms with van der Waals surface area (Å²) in [7, 11) is -1.26. The third-order valence-electron chi connectivity index (χ3n) is 3.41. The second-order valence-electron chi connectivity index (χ2n) is 6.34. The van der Waals surface area contributed by atoms with Crippen LogP contribution in [0, 0.1) is 6.92 Å². The van der Waals surface area contributed by atoms with Crippen molar-refractivity contribution in [2.24, 2.45) is 0 Å². The molecule has 1 aromatic rings. The fraction of sp³-hybridized carbons (Fsp3) is 0.688. The van der Waals surface area contributed by atoms with Crippen molar-refractivity contribution in [1.82, 2.24) is 4.98 Å². The van der Waals surface area contributed by atoms with E-state index in [9.17, 15) is 0 Å². The van der Waals surface area contributed by atoms with Crippen molar-refractivity contribution in [3.05, 3.63) is 23.0 Å². The first-order chi connectivity index (χ1) is 8.40. The van der Waals surface area contributed by atoms with Gasteiger partial charge in [0.2, 0.25) is 0 Å². The maximum atomic E-state index is 4.81. The average molecular weight is 264 g/mol. The predicted molar refractivity (Wildman–Crippen MR) is 84.6 cm³/mol. The van der Waals surface area contributed by atoms with Gasteiger partial charge < -0.3 is 0 Å². The van der Waals surface area contributed by atoms with Crippen LogP contribution in [0.3, 0.4) is 0 Å². The minimum Gasteiger partial charge on any atom is -0.258 e. The molecule has 2 heteroatoms. The summed E-state index contributed by atoms with van der Waals surface area (Å²) in [5.41, 5.74) is 4.17. The third-order valence-corrected chi connectivity index (χ3v) is 5.48. The quantitative estimate of drug-likeness (QED) is 0.700. The van der Waals surface area contributed by atoms with E-state index in [4.69, 9.17) is 4.98 Å². The van der Waals surface area contributed by atoms with Crippen LogP contribution in [0.2, 0.25) is 19.6 Å². The molecule has 1 rings (SSSR count). The Bertz CT molecular complexity index is 391. The maximum absolute atomic E-state index is 4.81. The van der Waals surface area contributed by atoms with Gasteiger partial charge >= 0.3 is 0 Å². The molecule has 0 saturated heterocycles. The monoisotopic (exact) mass is 263 g/mol. The summed E-state index contributed by atoms with van der Waals surface area (Å²) in [5, 5.41) is 1.65. The van der Waals surface area contributed by atoms with E-state index >= 15 is 0 Å².